The molecule has 0 spiro atoms. The average Bonchev–Trinajstić information content (AvgIpc) is 2.75. The molecule has 0 aliphatic carbocycles. The summed E-state index contributed by atoms with van der Waals surface area (Å²) in [4.78, 5) is 37.5. The topological polar surface area (TPSA) is 102 Å². The van der Waals surface area contributed by atoms with Crippen LogP contribution >= 0.6 is 0 Å². The van der Waals surface area contributed by atoms with Crippen LogP contribution in [0.2, 0.25) is 0 Å². The highest BCUT2D eigenvalue weighted by molar-refractivity contribution is 5.97. The van der Waals surface area contributed by atoms with E-state index < -0.39 is 17.4 Å². The number of carbonyl (C=O) groups is 2. The van der Waals surface area contributed by atoms with Crippen LogP contribution in [-0.2, 0) is 6.42 Å². The Kier molecular flexibility index (Phi) is 6.39. The molecule has 0 aliphatic heterocycles. The SMILES string of the molecule is CCCCc1c(C)c(C)c(C(N)=O)c(=O)n1-c1ccccc1-c1ccccc1C(=O)O. The second-order valence-corrected chi connectivity index (χ2v) is 7.55. The molecular formula is C25H26N2O4. The smallest absolute Gasteiger partial charge is 0.336 e. The Labute approximate surface area is 181 Å². The summed E-state index contributed by atoms with van der Waals surface area (Å²) in [5.41, 5.74) is 9.02. The minimum absolute atomic E-state index is 0.0425. The van der Waals surface area contributed by atoms with Gasteiger partial charge in [-0.25, -0.2) is 4.79 Å². The average molecular weight is 418 g/mol. The van der Waals surface area contributed by atoms with Crippen molar-refractivity contribution in [2.75, 3.05) is 0 Å². The molecule has 0 atom stereocenters. The van der Waals surface area contributed by atoms with Crippen molar-refractivity contribution in [2.45, 2.75) is 40.0 Å². The van der Waals surface area contributed by atoms with Gasteiger partial charge in [0.1, 0.15) is 5.56 Å². The van der Waals surface area contributed by atoms with E-state index in [-0.39, 0.29) is 11.1 Å². The lowest BCUT2D eigenvalue weighted by Crippen LogP contribution is -2.33. The Morgan fingerprint density at radius 2 is 1.58 bits per heavy atom. The first-order valence-corrected chi connectivity index (χ1v) is 10.3. The summed E-state index contributed by atoms with van der Waals surface area (Å²) in [6.07, 6.45) is 2.45. The molecule has 0 bridgehead atoms. The number of benzene rings is 2. The fourth-order valence-electron chi connectivity index (χ4n) is 3.96. The van der Waals surface area contributed by atoms with Gasteiger partial charge >= 0.3 is 5.97 Å². The van der Waals surface area contributed by atoms with Crippen molar-refractivity contribution >= 4 is 11.9 Å². The highest BCUT2D eigenvalue weighted by Crippen LogP contribution is 2.31. The van der Waals surface area contributed by atoms with Crippen molar-refractivity contribution in [3.05, 3.63) is 86.8 Å². The van der Waals surface area contributed by atoms with Crippen molar-refractivity contribution in [2.24, 2.45) is 5.73 Å². The van der Waals surface area contributed by atoms with Crippen molar-refractivity contribution in [3.8, 4) is 16.8 Å². The van der Waals surface area contributed by atoms with Gasteiger partial charge in [0.2, 0.25) is 0 Å². The van der Waals surface area contributed by atoms with Crippen LogP contribution in [0.5, 0.6) is 0 Å². The molecule has 6 heteroatoms. The number of hydrogen-bond acceptors (Lipinski definition) is 3. The molecule has 1 heterocycles. The lowest BCUT2D eigenvalue weighted by Gasteiger charge is -2.22. The van der Waals surface area contributed by atoms with Gasteiger partial charge in [0.25, 0.3) is 11.5 Å². The lowest BCUT2D eigenvalue weighted by atomic mass is 9.95. The molecule has 31 heavy (non-hydrogen) atoms. The van der Waals surface area contributed by atoms with Crippen LogP contribution in [0.4, 0.5) is 0 Å². The number of nitrogens with zero attached hydrogens (tertiary/aromatic N) is 1. The third-order valence-corrected chi connectivity index (χ3v) is 5.66. The molecule has 160 valence electrons. The summed E-state index contributed by atoms with van der Waals surface area (Å²) in [6.45, 7) is 5.69. The molecule has 0 fully saturated rings. The highest BCUT2D eigenvalue weighted by Gasteiger charge is 2.23. The van der Waals surface area contributed by atoms with E-state index in [9.17, 15) is 19.5 Å². The molecule has 3 aromatic rings. The van der Waals surface area contributed by atoms with Gasteiger partial charge < -0.3 is 10.8 Å². The van der Waals surface area contributed by atoms with Crippen LogP contribution in [0.1, 0.15) is 57.3 Å². The number of unbranched alkanes of at least 4 members (excludes halogenated alkanes) is 1. The Morgan fingerprint density at radius 1 is 0.968 bits per heavy atom. The number of nitrogens with two attached hydrogens (primary N) is 1. The minimum Gasteiger partial charge on any atom is -0.478 e. The van der Waals surface area contributed by atoms with Crippen molar-refractivity contribution in [1.82, 2.24) is 4.57 Å². The molecule has 1 aromatic heterocycles. The summed E-state index contributed by atoms with van der Waals surface area (Å²) < 4.78 is 1.53. The normalized spacial score (nSPS) is 10.8. The summed E-state index contributed by atoms with van der Waals surface area (Å²) in [6, 6.07) is 13.8. The van der Waals surface area contributed by atoms with Gasteiger partial charge in [-0.2, -0.15) is 0 Å². The Hall–Kier alpha value is -3.67. The maximum atomic E-state index is 13.5. The standard InChI is InChI=1S/C25H26N2O4/c1-4-5-13-20-15(2)16(3)22(23(26)28)24(29)27(20)21-14-9-8-11-18(21)17-10-6-7-12-19(17)25(30)31/h6-12,14H,4-5,13H2,1-3H3,(H2,26,28)(H,30,31). The molecule has 0 saturated carbocycles. The number of carboxylic acid groups (broad SMARTS) is 1. The maximum absolute atomic E-state index is 13.5. The molecule has 3 rings (SSSR count). The van der Waals surface area contributed by atoms with E-state index >= 15 is 0 Å². The first kappa shape index (κ1) is 22.0. The van der Waals surface area contributed by atoms with Crippen molar-refractivity contribution in [3.63, 3.8) is 0 Å². The van der Waals surface area contributed by atoms with E-state index in [4.69, 9.17) is 5.73 Å². The van der Waals surface area contributed by atoms with Gasteiger partial charge in [0.05, 0.1) is 11.3 Å². The van der Waals surface area contributed by atoms with E-state index in [1.54, 1.807) is 49.4 Å². The number of carboxylic acids is 1. The first-order valence-electron chi connectivity index (χ1n) is 10.3. The van der Waals surface area contributed by atoms with Crippen LogP contribution in [0.25, 0.3) is 16.8 Å². The maximum Gasteiger partial charge on any atom is 0.336 e. The quantitative estimate of drug-likeness (QED) is 0.598. The molecule has 1 amide bonds. The van der Waals surface area contributed by atoms with Crippen molar-refractivity contribution < 1.29 is 14.7 Å². The zero-order chi connectivity index (χ0) is 22.7. The second-order valence-electron chi connectivity index (χ2n) is 7.55. The van der Waals surface area contributed by atoms with Crippen LogP contribution in [0.15, 0.2) is 53.3 Å². The van der Waals surface area contributed by atoms with Gasteiger partial charge in [0, 0.05) is 11.3 Å². The van der Waals surface area contributed by atoms with E-state index in [0.29, 0.717) is 28.8 Å². The lowest BCUT2D eigenvalue weighted by molar-refractivity contribution is 0.0697. The minimum atomic E-state index is -1.05. The number of primary amides is 1. The summed E-state index contributed by atoms with van der Waals surface area (Å²) >= 11 is 0. The van der Waals surface area contributed by atoms with E-state index in [1.165, 1.54) is 10.6 Å². The predicted molar refractivity (Wildman–Crippen MR) is 121 cm³/mol. The Morgan fingerprint density at radius 3 is 2.19 bits per heavy atom. The third-order valence-electron chi connectivity index (χ3n) is 5.66. The second kappa shape index (κ2) is 9.00. The number of aromatic carboxylic acids is 1. The van der Waals surface area contributed by atoms with Crippen LogP contribution in [0.3, 0.4) is 0 Å². The zero-order valence-corrected chi connectivity index (χ0v) is 17.9. The highest BCUT2D eigenvalue weighted by atomic mass is 16.4. The summed E-state index contributed by atoms with van der Waals surface area (Å²) in [7, 11) is 0. The summed E-state index contributed by atoms with van der Waals surface area (Å²) in [5.74, 6) is -1.83. The van der Waals surface area contributed by atoms with Crippen LogP contribution in [-0.4, -0.2) is 21.6 Å². The Bertz CT molecular complexity index is 1220. The largest absolute Gasteiger partial charge is 0.478 e. The van der Waals surface area contributed by atoms with E-state index in [2.05, 4.69) is 6.92 Å². The van der Waals surface area contributed by atoms with E-state index in [1.807, 2.05) is 6.92 Å². The van der Waals surface area contributed by atoms with Crippen LogP contribution in [0, 0.1) is 13.8 Å². The molecule has 3 N–H and O–H groups in total. The zero-order valence-electron chi connectivity index (χ0n) is 17.9. The molecule has 0 radical (unpaired) electrons. The molecule has 6 nitrogen and oxygen atoms in total. The van der Waals surface area contributed by atoms with Crippen LogP contribution < -0.4 is 11.3 Å². The van der Waals surface area contributed by atoms with Gasteiger partial charge in [-0.3, -0.25) is 14.2 Å². The van der Waals surface area contributed by atoms with Crippen molar-refractivity contribution in [1.29, 1.82) is 0 Å². The van der Waals surface area contributed by atoms with Gasteiger partial charge in [-0.05, 0) is 55.5 Å². The van der Waals surface area contributed by atoms with Gasteiger partial charge in [0.15, 0.2) is 0 Å². The number of amides is 1. The number of pyridine rings is 1. The Balaban J connectivity index is 2.44. The first-order chi connectivity index (χ1) is 14.8. The molecule has 0 saturated heterocycles. The number of para-hydroxylation sites is 1. The number of aromatic nitrogens is 1. The molecule has 2 aromatic carbocycles. The fourth-order valence-corrected chi connectivity index (χ4v) is 3.96. The molecule has 0 aliphatic rings. The fraction of sp³-hybridized carbons (Fsp3) is 0.240. The predicted octanol–water partition coefficient (Wildman–Crippen LogP) is 4.26. The monoisotopic (exact) mass is 418 g/mol. The molecular weight excluding hydrogens is 392 g/mol. The van der Waals surface area contributed by atoms with E-state index in [0.717, 1.165) is 24.1 Å². The number of hydrogen-bond donors (Lipinski definition) is 2. The van der Waals surface area contributed by atoms with Gasteiger partial charge in [-0.1, -0.05) is 49.7 Å². The van der Waals surface area contributed by atoms with Gasteiger partial charge in [-0.15, -0.1) is 0 Å². The molecule has 0 unspecified atom stereocenters. The number of rotatable bonds is 7. The third kappa shape index (κ3) is 4.01. The summed E-state index contributed by atoms with van der Waals surface area (Å²) in [5, 5.41) is 9.68. The number of carbonyl (C=O) groups excluding carboxylic acids is 1.